The quantitative estimate of drug-likeness (QED) is 0.584. The predicted molar refractivity (Wildman–Crippen MR) is 107 cm³/mol. The topological polar surface area (TPSA) is 68.5 Å². The number of nitrogens with zero attached hydrogens (tertiary/aromatic N) is 3. The molecule has 1 heterocycles. The van der Waals surface area contributed by atoms with E-state index in [1.807, 2.05) is 38.1 Å². The lowest BCUT2D eigenvalue weighted by Crippen LogP contribution is -2.39. The monoisotopic (exact) mass is 399 g/mol. The summed E-state index contributed by atoms with van der Waals surface area (Å²) in [5.74, 6) is 1.30. The van der Waals surface area contributed by atoms with E-state index in [0.717, 1.165) is 11.1 Å². The maximum Gasteiger partial charge on any atom is 0.263 e. The first-order chi connectivity index (χ1) is 13.5. The number of carbonyl (C=O) groups excluding carboxylic acids is 1. The van der Waals surface area contributed by atoms with Crippen LogP contribution in [0.3, 0.4) is 0 Å². The van der Waals surface area contributed by atoms with E-state index in [-0.39, 0.29) is 12.5 Å². The molecule has 0 aliphatic heterocycles. The van der Waals surface area contributed by atoms with Crippen LogP contribution in [-0.4, -0.2) is 34.1 Å². The van der Waals surface area contributed by atoms with Gasteiger partial charge in [-0.15, -0.1) is 0 Å². The molecule has 1 atom stereocenters. The average molecular weight is 400 g/mol. The number of hydrogen-bond acceptors (Lipinski definition) is 5. The van der Waals surface area contributed by atoms with E-state index < -0.39 is 6.10 Å². The molecular weight excluding hydrogens is 378 g/mol. The molecule has 3 rings (SSSR count). The minimum absolute atomic E-state index is 0.160. The Labute approximate surface area is 169 Å². The van der Waals surface area contributed by atoms with Crippen molar-refractivity contribution in [3.8, 4) is 17.1 Å². The third-order valence-corrected chi connectivity index (χ3v) is 4.52. The number of benzene rings is 2. The largest absolute Gasteiger partial charge is 0.481 e. The summed E-state index contributed by atoms with van der Waals surface area (Å²) >= 11 is 5.89. The van der Waals surface area contributed by atoms with Gasteiger partial charge in [0, 0.05) is 17.6 Å². The zero-order valence-electron chi connectivity index (χ0n) is 16.1. The maximum absolute atomic E-state index is 12.7. The molecule has 0 saturated heterocycles. The molecule has 0 fully saturated rings. The molecule has 6 nitrogen and oxygen atoms in total. The van der Waals surface area contributed by atoms with Gasteiger partial charge in [0.25, 0.3) is 5.91 Å². The lowest BCUT2D eigenvalue weighted by Gasteiger charge is -2.22. The summed E-state index contributed by atoms with van der Waals surface area (Å²) in [6.07, 6.45) is -0.0739. The highest BCUT2D eigenvalue weighted by Gasteiger charge is 2.24. The Morgan fingerprint density at radius 2 is 1.86 bits per heavy atom. The van der Waals surface area contributed by atoms with E-state index in [2.05, 4.69) is 10.1 Å². The molecule has 0 saturated carbocycles. The van der Waals surface area contributed by atoms with Gasteiger partial charge in [0.15, 0.2) is 6.10 Å². The van der Waals surface area contributed by atoms with Gasteiger partial charge >= 0.3 is 0 Å². The Morgan fingerprint density at radius 1 is 1.18 bits per heavy atom. The van der Waals surface area contributed by atoms with Crippen LogP contribution >= 0.6 is 11.6 Å². The summed E-state index contributed by atoms with van der Waals surface area (Å²) < 4.78 is 11.1. The summed E-state index contributed by atoms with van der Waals surface area (Å²) in [4.78, 5) is 18.7. The van der Waals surface area contributed by atoms with E-state index >= 15 is 0 Å². The number of aryl methyl sites for hydroxylation is 1. The molecular formula is C21H22ClN3O3. The molecule has 3 aromatic rings. The SMILES string of the molecule is CCC(Oc1ccc(Cl)cc1)C(=O)N(C)Cc1nc(-c2ccc(C)cc2)no1. The van der Waals surface area contributed by atoms with Crippen molar-refractivity contribution < 1.29 is 14.1 Å². The fourth-order valence-electron chi connectivity index (χ4n) is 2.65. The van der Waals surface area contributed by atoms with E-state index in [1.165, 1.54) is 4.90 Å². The average Bonchev–Trinajstić information content (AvgIpc) is 3.16. The van der Waals surface area contributed by atoms with Crippen LogP contribution in [0, 0.1) is 6.92 Å². The van der Waals surface area contributed by atoms with Crippen LogP contribution in [-0.2, 0) is 11.3 Å². The Balaban J connectivity index is 1.64. The highest BCUT2D eigenvalue weighted by Crippen LogP contribution is 2.20. The van der Waals surface area contributed by atoms with Crippen molar-refractivity contribution in [2.24, 2.45) is 0 Å². The smallest absolute Gasteiger partial charge is 0.263 e. The van der Waals surface area contributed by atoms with E-state index in [4.69, 9.17) is 20.9 Å². The molecule has 2 aromatic carbocycles. The van der Waals surface area contributed by atoms with Crippen molar-refractivity contribution in [1.29, 1.82) is 0 Å². The van der Waals surface area contributed by atoms with Gasteiger partial charge in [-0.3, -0.25) is 4.79 Å². The van der Waals surface area contributed by atoms with Gasteiger partial charge in [0.05, 0.1) is 6.54 Å². The van der Waals surface area contributed by atoms with Crippen molar-refractivity contribution in [1.82, 2.24) is 15.0 Å². The van der Waals surface area contributed by atoms with Gasteiger partial charge in [-0.05, 0) is 37.6 Å². The van der Waals surface area contributed by atoms with Crippen LogP contribution < -0.4 is 4.74 Å². The van der Waals surface area contributed by atoms with Gasteiger partial charge in [0.2, 0.25) is 11.7 Å². The normalized spacial score (nSPS) is 11.9. The van der Waals surface area contributed by atoms with Gasteiger partial charge in [0.1, 0.15) is 5.75 Å². The molecule has 0 bridgehead atoms. The zero-order valence-corrected chi connectivity index (χ0v) is 16.8. The molecule has 0 radical (unpaired) electrons. The number of carbonyl (C=O) groups is 1. The highest BCUT2D eigenvalue weighted by atomic mass is 35.5. The molecule has 0 N–H and O–H groups in total. The van der Waals surface area contributed by atoms with Gasteiger partial charge in [-0.25, -0.2) is 0 Å². The Bertz CT molecular complexity index is 923. The second kappa shape index (κ2) is 8.89. The Morgan fingerprint density at radius 3 is 2.50 bits per heavy atom. The lowest BCUT2D eigenvalue weighted by atomic mass is 10.1. The van der Waals surface area contributed by atoms with Crippen LogP contribution in [0.5, 0.6) is 5.75 Å². The summed E-state index contributed by atoms with van der Waals surface area (Å²) in [5.41, 5.74) is 2.02. The first kappa shape index (κ1) is 19.9. The van der Waals surface area contributed by atoms with Crippen molar-refractivity contribution in [2.45, 2.75) is 32.9 Å². The second-order valence-corrected chi connectivity index (χ2v) is 6.98. The number of rotatable bonds is 7. The molecule has 1 aromatic heterocycles. The fourth-order valence-corrected chi connectivity index (χ4v) is 2.78. The van der Waals surface area contributed by atoms with Crippen LogP contribution in [0.4, 0.5) is 0 Å². The lowest BCUT2D eigenvalue weighted by molar-refractivity contribution is -0.138. The van der Waals surface area contributed by atoms with Crippen molar-refractivity contribution in [3.63, 3.8) is 0 Å². The number of hydrogen-bond donors (Lipinski definition) is 0. The standard InChI is InChI=1S/C21H22ClN3O3/c1-4-18(27-17-11-9-16(22)10-12-17)21(26)25(3)13-19-23-20(24-28-19)15-7-5-14(2)6-8-15/h5-12,18H,4,13H2,1-3H3. The first-order valence-electron chi connectivity index (χ1n) is 9.03. The van der Waals surface area contributed by atoms with Gasteiger partial charge < -0.3 is 14.2 Å². The molecule has 0 spiro atoms. The van der Waals surface area contributed by atoms with Gasteiger partial charge in [-0.1, -0.05) is 53.5 Å². The highest BCUT2D eigenvalue weighted by molar-refractivity contribution is 6.30. The Hall–Kier alpha value is -2.86. The second-order valence-electron chi connectivity index (χ2n) is 6.54. The minimum Gasteiger partial charge on any atom is -0.481 e. The first-order valence-corrected chi connectivity index (χ1v) is 9.41. The third kappa shape index (κ3) is 4.89. The fraction of sp³-hybridized carbons (Fsp3) is 0.286. The number of halogens is 1. The van der Waals surface area contributed by atoms with Crippen LogP contribution in [0.15, 0.2) is 53.1 Å². The predicted octanol–water partition coefficient (Wildman–Crippen LogP) is 4.51. The number of ether oxygens (including phenoxy) is 1. The maximum atomic E-state index is 12.7. The molecule has 0 aliphatic rings. The molecule has 0 aliphatic carbocycles. The summed E-state index contributed by atoms with van der Waals surface area (Å²) in [5, 5.41) is 4.62. The van der Waals surface area contributed by atoms with Crippen molar-refractivity contribution >= 4 is 17.5 Å². The summed E-state index contributed by atoms with van der Waals surface area (Å²) in [6.45, 7) is 4.12. The minimum atomic E-state index is -0.606. The number of aromatic nitrogens is 2. The van der Waals surface area contributed by atoms with E-state index in [1.54, 1.807) is 31.3 Å². The van der Waals surface area contributed by atoms with Crippen molar-refractivity contribution in [3.05, 3.63) is 65.0 Å². The van der Waals surface area contributed by atoms with Crippen molar-refractivity contribution in [2.75, 3.05) is 7.05 Å². The van der Waals surface area contributed by atoms with Crippen LogP contribution in [0.25, 0.3) is 11.4 Å². The molecule has 7 heteroatoms. The summed E-state index contributed by atoms with van der Waals surface area (Å²) in [6, 6.07) is 14.8. The van der Waals surface area contributed by atoms with Crippen LogP contribution in [0.1, 0.15) is 24.8 Å². The Kier molecular flexibility index (Phi) is 6.31. The third-order valence-electron chi connectivity index (χ3n) is 4.26. The number of amides is 1. The molecule has 1 unspecified atom stereocenters. The van der Waals surface area contributed by atoms with Crippen LogP contribution in [0.2, 0.25) is 5.02 Å². The summed E-state index contributed by atoms with van der Waals surface area (Å²) in [7, 11) is 1.69. The zero-order chi connectivity index (χ0) is 20.1. The van der Waals surface area contributed by atoms with E-state index in [0.29, 0.717) is 28.9 Å². The van der Waals surface area contributed by atoms with Gasteiger partial charge in [-0.2, -0.15) is 4.98 Å². The molecule has 28 heavy (non-hydrogen) atoms. The van der Waals surface area contributed by atoms with E-state index in [9.17, 15) is 4.79 Å². The molecule has 146 valence electrons. The number of likely N-dealkylation sites (N-methyl/N-ethyl adjacent to an activating group) is 1. The molecule has 1 amide bonds.